The largest absolute Gasteiger partial charge is 0.508 e. The minimum Gasteiger partial charge on any atom is -0.508 e. The molecule has 0 aromatic heterocycles. The highest BCUT2D eigenvalue weighted by Crippen LogP contribution is 2.34. The number of fused-ring (bicyclic) bond motifs is 1. The molecular formula is C17H18FNO. The van der Waals surface area contributed by atoms with E-state index in [2.05, 4.69) is 12.2 Å². The molecule has 2 aromatic rings. The second-order valence-corrected chi connectivity index (χ2v) is 5.38. The lowest BCUT2D eigenvalue weighted by molar-refractivity contribution is 0.455. The summed E-state index contributed by atoms with van der Waals surface area (Å²) in [6.07, 6.45) is 1.70. The Morgan fingerprint density at radius 3 is 2.85 bits per heavy atom. The number of halogens is 1. The van der Waals surface area contributed by atoms with Crippen LogP contribution in [0.2, 0.25) is 0 Å². The summed E-state index contributed by atoms with van der Waals surface area (Å²) in [6.45, 7) is 2.06. The third-order valence-corrected chi connectivity index (χ3v) is 4.03. The molecule has 0 fully saturated rings. The van der Waals surface area contributed by atoms with Gasteiger partial charge in [-0.15, -0.1) is 0 Å². The topological polar surface area (TPSA) is 32.3 Å². The zero-order valence-corrected chi connectivity index (χ0v) is 11.4. The maximum absolute atomic E-state index is 13.7. The van der Waals surface area contributed by atoms with Crippen molar-refractivity contribution in [2.24, 2.45) is 0 Å². The van der Waals surface area contributed by atoms with Crippen molar-refractivity contribution in [3.63, 3.8) is 0 Å². The quantitative estimate of drug-likeness (QED) is 0.888. The van der Waals surface area contributed by atoms with Crippen molar-refractivity contribution >= 4 is 0 Å². The SMILES string of the molecule is CC(NC1CCc2c(F)cccc21)c1cccc(O)c1. The first-order chi connectivity index (χ1) is 9.65. The Morgan fingerprint density at radius 1 is 1.25 bits per heavy atom. The molecule has 2 unspecified atom stereocenters. The third-order valence-electron chi connectivity index (χ3n) is 4.03. The highest BCUT2D eigenvalue weighted by atomic mass is 19.1. The van der Waals surface area contributed by atoms with Gasteiger partial charge in [0, 0.05) is 12.1 Å². The van der Waals surface area contributed by atoms with Crippen LogP contribution in [-0.4, -0.2) is 5.11 Å². The van der Waals surface area contributed by atoms with Crippen LogP contribution in [-0.2, 0) is 6.42 Å². The fourth-order valence-electron chi connectivity index (χ4n) is 2.97. The molecule has 0 radical (unpaired) electrons. The minimum atomic E-state index is -0.100. The molecule has 1 aliphatic rings. The second-order valence-electron chi connectivity index (χ2n) is 5.38. The summed E-state index contributed by atoms with van der Waals surface area (Å²) in [5, 5.41) is 13.1. The van der Waals surface area contributed by atoms with Crippen LogP contribution in [0.5, 0.6) is 5.75 Å². The van der Waals surface area contributed by atoms with Crippen molar-refractivity contribution in [2.45, 2.75) is 31.8 Å². The van der Waals surface area contributed by atoms with Crippen LogP contribution in [0.25, 0.3) is 0 Å². The van der Waals surface area contributed by atoms with E-state index in [1.54, 1.807) is 18.2 Å². The van der Waals surface area contributed by atoms with E-state index < -0.39 is 0 Å². The van der Waals surface area contributed by atoms with Gasteiger partial charge in [-0.05, 0) is 54.7 Å². The highest BCUT2D eigenvalue weighted by molar-refractivity contribution is 5.36. The van der Waals surface area contributed by atoms with Crippen LogP contribution in [0.4, 0.5) is 4.39 Å². The minimum absolute atomic E-state index is 0.100. The van der Waals surface area contributed by atoms with Gasteiger partial charge in [0.2, 0.25) is 0 Å². The van der Waals surface area contributed by atoms with Gasteiger partial charge in [0.05, 0.1) is 0 Å². The predicted octanol–water partition coefficient (Wildman–Crippen LogP) is 3.87. The molecule has 1 aliphatic carbocycles. The molecule has 3 rings (SSSR count). The van der Waals surface area contributed by atoms with E-state index in [-0.39, 0.29) is 23.7 Å². The zero-order valence-electron chi connectivity index (χ0n) is 11.4. The van der Waals surface area contributed by atoms with Gasteiger partial charge in [0.15, 0.2) is 0 Å². The molecule has 0 bridgehead atoms. The lowest BCUT2D eigenvalue weighted by Gasteiger charge is -2.21. The van der Waals surface area contributed by atoms with Gasteiger partial charge >= 0.3 is 0 Å². The molecule has 2 aromatic carbocycles. The molecule has 0 spiro atoms. The van der Waals surface area contributed by atoms with Crippen molar-refractivity contribution in [1.29, 1.82) is 0 Å². The summed E-state index contributed by atoms with van der Waals surface area (Å²) in [5.74, 6) is 0.172. The van der Waals surface area contributed by atoms with Gasteiger partial charge in [0.1, 0.15) is 11.6 Å². The van der Waals surface area contributed by atoms with Crippen molar-refractivity contribution < 1.29 is 9.50 Å². The van der Waals surface area contributed by atoms with E-state index in [1.165, 1.54) is 6.07 Å². The van der Waals surface area contributed by atoms with E-state index >= 15 is 0 Å². The summed E-state index contributed by atoms with van der Waals surface area (Å²) in [4.78, 5) is 0. The van der Waals surface area contributed by atoms with Crippen LogP contribution >= 0.6 is 0 Å². The number of aromatic hydroxyl groups is 1. The average molecular weight is 271 g/mol. The smallest absolute Gasteiger partial charge is 0.126 e. The molecule has 0 saturated heterocycles. The Kier molecular flexibility index (Phi) is 3.45. The van der Waals surface area contributed by atoms with Crippen molar-refractivity contribution in [2.75, 3.05) is 0 Å². The summed E-state index contributed by atoms with van der Waals surface area (Å²) in [5.41, 5.74) is 2.94. The van der Waals surface area contributed by atoms with Crippen molar-refractivity contribution in [3.05, 3.63) is 65.0 Å². The van der Waals surface area contributed by atoms with E-state index in [9.17, 15) is 9.50 Å². The summed E-state index contributed by atoms with van der Waals surface area (Å²) >= 11 is 0. The zero-order chi connectivity index (χ0) is 14.1. The Bertz CT molecular complexity index is 626. The van der Waals surface area contributed by atoms with Crippen LogP contribution in [0.15, 0.2) is 42.5 Å². The van der Waals surface area contributed by atoms with Gasteiger partial charge in [-0.3, -0.25) is 0 Å². The van der Waals surface area contributed by atoms with Crippen molar-refractivity contribution in [3.8, 4) is 5.75 Å². The number of nitrogens with one attached hydrogen (secondary N) is 1. The molecule has 0 amide bonds. The summed E-state index contributed by atoms with van der Waals surface area (Å²) in [6, 6.07) is 12.8. The molecule has 2 nitrogen and oxygen atoms in total. The Labute approximate surface area is 118 Å². The average Bonchev–Trinajstić information content (AvgIpc) is 2.83. The first-order valence-corrected chi connectivity index (χ1v) is 6.97. The number of hydrogen-bond acceptors (Lipinski definition) is 2. The fraction of sp³-hybridized carbons (Fsp3) is 0.294. The molecule has 3 heteroatoms. The maximum Gasteiger partial charge on any atom is 0.126 e. The van der Waals surface area contributed by atoms with E-state index in [4.69, 9.17) is 0 Å². The van der Waals surface area contributed by atoms with Gasteiger partial charge in [-0.2, -0.15) is 0 Å². The first-order valence-electron chi connectivity index (χ1n) is 6.97. The van der Waals surface area contributed by atoms with E-state index in [0.717, 1.165) is 29.5 Å². The lowest BCUT2D eigenvalue weighted by atomic mass is 10.0. The Morgan fingerprint density at radius 2 is 2.05 bits per heavy atom. The number of phenolic OH excluding ortho intramolecular Hbond substituents is 1. The molecule has 2 atom stereocenters. The lowest BCUT2D eigenvalue weighted by Crippen LogP contribution is -2.23. The summed E-state index contributed by atoms with van der Waals surface area (Å²) in [7, 11) is 0. The van der Waals surface area contributed by atoms with Crippen molar-refractivity contribution in [1.82, 2.24) is 5.32 Å². The molecule has 20 heavy (non-hydrogen) atoms. The van der Waals surface area contributed by atoms with E-state index in [0.29, 0.717) is 0 Å². The number of rotatable bonds is 3. The molecule has 104 valence electrons. The molecule has 0 heterocycles. The number of phenols is 1. The van der Waals surface area contributed by atoms with Gasteiger partial charge in [0.25, 0.3) is 0 Å². The molecule has 0 saturated carbocycles. The van der Waals surface area contributed by atoms with Crippen LogP contribution in [0, 0.1) is 5.82 Å². The number of hydrogen-bond donors (Lipinski definition) is 2. The van der Waals surface area contributed by atoms with Crippen LogP contribution in [0.3, 0.4) is 0 Å². The normalized spacial score (nSPS) is 18.8. The molecule has 2 N–H and O–H groups in total. The monoisotopic (exact) mass is 271 g/mol. The van der Waals surface area contributed by atoms with Gasteiger partial charge in [-0.25, -0.2) is 4.39 Å². The predicted molar refractivity (Wildman–Crippen MR) is 77.1 cm³/mol. The van der Waals surface area contributed by atoms with E-state index in [1.807, 2.05) is 18.2 Å². The number of benzene rings is 2. The Balaban J connectivity index is 1.79. The third kappa shape index (κ3) is 2.41. The molecule has 0 aliphatic heterocycles. The summed E-state index contributed by atoms with van der Waals surface area (Å²) < 4.78 is 13.7. The standard InChI is InChI=1S/C17H18FNO/c1-11(12-4-2-5-13(20)10-12)19-17-9-8-14-15(17)6-3-7-16(14)18/h2-7,10-11,17,19-20H,8-9H2,1H3. The van der Waals surface area contributed by atoms with Gasteiger partial charge in [-0.1, -0.05) is 24.3 Å². The van der Waals surface area contributed by atoms with Crippen LogP contribution < -0.4 is 5.32 Å². The fourth-order valence-corrected chi connectivity index (χ4v) is 2.97. The van der Waals surface area contributed by atoms with Gasteiger partial charge < -0.3 is 10.4 Å². The molecular weight excluding hydrogens is 253 g/mol. The highest BCUT2D eigenvalue weighted by Gasteiger charge is 2.25. The Hall–Kier alpha value is -1.87. The van der Waals surface area contributed by atoms with Crippen LogP contribution in [0.1, 0.15) is 42.1 Å². The maximum atomic E-state index is 13.7. The first kappa shape index (κ1) is 13.1. The second kappa shape index (κ2) is 5.25.